The van der Waals surface area contributed by atoms with Gasteiger partial charge in [0, 0.05) is 25.0 Å². The Morgan fingerprint density at radius 1 is 1.36 bits per heavy atom. The number of hydrogen-bond donors (Lipinski definition) is 1. The van der Waals surface area contributed by atoms with Crippen LogP contribution in [0.15, 0.2) is 24.8 Å². The summed E-state index contributed by atoms with van der Waals surface area (Å²) in [5, 5.41) is 0. The Morgan fingerprint density at radius 3 is 2.71 bits per heavy atom. The molecule has 2 heterocycles. The highest BCUT2D eigenvalue weighted by molar-refractivity contribution is 5.60. The third-order valence-electron chi connectivity index (χ3n) is 2.12. The maximum atomic E-state index is 5.64. The van der Waals surface area contributed by atoms with Crippen LogP contribution in [0.1, 0.15) is 5.56 Å². The maximum absolute atomic E-state index is 5.64. The summed E-state index contributed by atoms with van der Waals surface area (Å²) in [6, 6.07) is 1.99. The predicted molar refractivity (Wildman–Crippen MR) is 55.6 cm³/mol. The van der Waals surface area contributed by atoms with E-state index in [-0.39, 0.29) is 0 Å². The average molecular weight is 188 g/mol. The summed E-state index contributed by atoms with van der Waals surface area (Å²) in [4.78, 5) is 8.33. The molecule has 14 heavy (non-hydrogen) atoms. The van der Waals surface area contributed by atoms with Gasteiger partial charge >= 0.3 is 0 Å². The van der Waals surface area contributed by atoms with Gasteiger partial charge < -0.3 is 10.3 Å². The second-order valence-corrected chi connectivity index (χ2v) is 3.35. The lowest BCUT2D eigenvalue weighted by Gasteiger charge is -2.00. The van der Waals surface area contributed by atoms with E-state index < -0.39 is 0 Å². The van der Waals surface area contributed by atoms with Crippen molar-refractivity contribution < 1.29 is 0 Å². The van der Waals surface area contributed by atoms with Crippen molar-refractivity contribution in [3.63, 3.8) is 0 Å². The van der Waals surface area contributed by atoms with Crippen LogP contribution in [0.25, 0.3) is 11.3 Å². The minimum atomic E-state index is 0.574. The average Bonchev–Trinajstić information content (AvgIpc) is 2.57. The van der Waals surface area contributed by atoms with E-state index in [4.69, 9.17) is 5.73 Å². The molecule has 0 spiro atoms. The topological polar surface area (TPSA) is 56.7 Å². The number of hydrogen-bond acceptors (Lipinski definition) is 3. The Bertz CT molecular complexity index is 459. The summed E-state index contributed by atoms with van der Waals surface area (Å²) in [6.45, 7) is 1.94. The van der Waals surface area contributed by atoms with E-state index in [1.807, 2.05) is 30.8 Å². The Balaban J connectivity index is 2.47. The first kappa shape index (κ1) is 8.74. The van der Waals surface area contributed by atoms with Crippen LogP contribution < -0.4 is 5.73 Å². The van der Waals surface area contributed by atoms with Crippen molar-refractivity contribution in [1.82, 2.24) is 14.5 Å². The molecule has 4 heteroatoms. The van der Waals surface area contributed by atoms with Crippen LogP contribution in [0, 0.1) is 6.92 Å². The summed E-state index contributed by atoms with van der Waals surface area (Å²) in [5.41, 5.74) is 8.53. The zero-order chi connectivity index (χ0) is 10.1. The van der Waals surface area contributed by atoms with Gasteiger partial charge in [-0.1, -0.05) is 0 Å². The lowest BCUT2D eigenvalue weighted by molar-refractivity contribution is 0.913. The molecule has 4 nitrogen and oxygen atoms in total. The molecule has 0 aromatic carbocycles. The molecule has 0 aliphatic heterocycles. The SMILES string of the molecule is Cc1cc(-c2cn(C)cn2)cnc1N. The molecule has 72 valence electrons. The number of aromatic nitrogens is 3. The lowest BCUT2D eigenvalue weighted by Crippen LogP contribution is -1.93. The third kappa shape index (κ3) is 1.46. The van der Waals surface area contributed by atoms with Gasteiger partial charge in [-0.05, 0) is 18.6 Å². The second kappa shape index (κ2) is 3.14. The molecule has 0 saturated heterocycles. The Kier molecular flexibility index (Phi) is 1.96. The van der Waals surface area contributed by atoms with Crippen molar-refractivity contribution in [2.45, 2.75) is 6.92 Å². The number of imidazole rings is 1. The van der Waals surface area contributed by atoms with Crippen molar-refractivity contribution in [2.75, 3.05) is 5.73 Å². The first-order valence-corrected chi connectivity index (χ1v) is 4.37. The minimum Gasteiger partial charge on any atom is -0.383 e. The van der Waals surface area contributed by atoms with Crippen LogP contribution in [0.3, 0.4) is 0 Å². The zero-order valence-electron chi connectivity index (χ0n) is 8.23. The standard InChI is InChI=1S/C10H12N4/c1-7-3-8(4-12-10(7)11)9-5-14(2)6-13-9/h3-6H,1-2H3,(H2,11,12). The Labute approximate surface area is 82.4 Å². The van der Waals surface area contributed by atoms with E-state index in [0.717, 1.165) is 16.8 Å². The summed E-state index contributed by atoms with van der Waals surface area (Å²) in [5.74, 6) is 0.574. The zero-order valence-corrected chi connectivity index (χ0v) is 8.23. The van der Waals surface area contributed by atoms with Crippen molar-refractivity contribution in [3.05, 3.63) is 30.4 Å². The molecule has 2 rings (SSSR count). The van der Waals surface area contributed by atoms with Crippen molar-refractivity contribution in [1.29, 1.82) is 0 Å². The summed E-state index contributed by atoms with van der Waals surface area (Å²) in [7, 11) is 1.94. The molecule has 0 atom stereocenters. The quantitative estimate of drug-likeness (QED) is 0.735. The van der Waals surface area contributed by atoms with Crippen LogP contribution in [-0.2, 0) is 7.05 Å². The molecular formula is C10H12N4. The number of rotatable bonds is 1. The van der Waals surface area contributed by atoms with Gasteiger partial charge in [0.25, 0.3) is 0 Å². The fourth-order valence-corrected chi connectivity index (χ4v) is 1.29. The summed E-state index contributed by atoms with van der Waals surface area (Å²) in [6.07, 6.45) is 5.46. The third-order valence-corrected chi connectivity index (χ3v) is 2.12. The highest BCUT2D eigenvalue weighted by Crippen LogP contribution is 2.19. The van der Waals surface area contributed by atoms with E-state index in [0.29, 0.717) is 5.82 Å². The number of nitrogen functional groups attached to an aromatic ring is 1. The molecule has 0 aliphatic rings. The van der Waals surface area contributed by atoms with E-state index in [1.165, 1.54) is 0 Å². The van der Waals surface area contributed by atoms with Gasteiger partial charge in [-0.2, -0.15) is 0 Å². The lowest BCUT2D eigenvalue weighted by atomic mass is 10.1. The van der Waals surface area contributed by atoms with Crippen LogP contribution in [0.4, 0.5) is 5.82 Å². The second-order valence-electron chi connectivity index (χ2n) is 3.35. The van der Waals surface area contributed by atoms with Gasteiger partial charge in [0.2, 0.25) is 0 Å². The molecule has 2 N–H and O–H groups in total. The Morgan fingerprint density at radius 2 is 2.14 bits per heavy atom. The van der Waals surface area contributed by atoms with Crippen LogP contribution in [0.5, 0.6) is 0 Å². The number of nitrogens with two attached hydrogens (primary N) is 1. The smallest absolute Gasteiger partial charge is 0.126 e. The normalized spacial score (nSPS) is 10.4. The first-order chi connectivity index (χ1) is 6.66. The molecular weight excluding hydrogens is 176 g/mol. The van der Waals surface area contributed by atoms with E-state index in [1.54, 1.807) is 12.5 Å². The highest BCUT2D eigenvalue weighted by Gasteiger charge is 2.03. The molecule has 2 aromatic rings. The molecule has 2 aromatic heterocycles. The fraction of sp³-hybridized carbons (Fsp3) is 0.200. The van der Waals surface area contributed by atoms with Gasteiger partial charge in [0.15, 0.2) is 0 Å². The van der Waals surface area contributed by atoms with Gasteiger partial charge in [0.1, 0.15) is 5.82 Å². The van der Waals surface area contributed by atoms with Crippen LogP contribution in [-0.4, -0.2) is 14.5 Å². The number of nitrogens with zero attached hydrogens (tertiary/aromatic N) is 3. The first-order valence-electron chi connectivity index (χ1n) is 4.37. The van der Waals surface area contributed by atoms with Crippen molar-refractivity contribution in [2.24, 2.45) is 7.05 Å². The van der Waals surface area contributed by atoms with Gasteiger partial charge in [0.05, 0.1) is 12.0 Å². The van der Waals surface area contributed by atoms with E-state index >= 15 is 0 Å². The Hall–Kier alpha value is -1.84. The van der Waals surface area contributed by atoms with Crippen molar-refractivity contribution >= 4 is 5.82 Å². The van der Waals surface area contributed by atoms with Crippen LogP contribution >= 0.6 is 0 Å². The van der Waals surface area contributed by atoms with E-state index in [2.05, 4.69) is 9.97 Å². The van der Waals surface area contributed by atoms with Crippen molar-refractivity contribution in [3.8, 4) is 11.3 Å². The van der Waals surface area contributed by atoms with Gasteiger partial charge in [-0.25, -0.2) is 9.97 Å². The molecule has 0 unspecified atom stereocenters. The minimum absolute atomic E-state index is 0.574. The van der Waals surface area contributed by atoms with E-state index in [9.17, 15) is 0 Å². The predicted octanol–water partition coefficient (Wildman–Crippen LogP) is 1.37. The molecule has 0 fully saturated rings. The summed E-state index contributed by atoms with van der Waals surface area (Å²) < 4.78 is 1.90. The largest absolute Gasteiger partial charge is 0.383 e. The number of pyridine rings is 1. The molecule has 0 radical (unpaired) electrons. The van der Waals surface area contributed by atoms with Gasteiger partial charge in [-0.3, -0.25) is 0 Å². The fourth-order valence-electron chi connectivity index (χ4n) is 1.29. The molecule has 0 amide bonds. The molecule has 0 bridgehead atoms. The van der Waals surface area contributed by atoms with Crippen LogP contribution in [0.2, 0.25) is 0 Å². The summed E-state index contributed by atoms with van der Waals surface area (Å²) >= 11 is 0. The number of anilines is 1. The maximum Gasteiger partial charge on any atom is 0.126 e. The highest BCUT2D eigenvalue weighted by atomic mass is 15.0. The molecule has 0 saturated carbocycles. The van der Waals surface area contributed by atoms with Gasteiger partial charge in [-0.15, -0.1) is 0 Å². The monoisotopic (exact) mass is 188 g/mol. The molecule has 0 aliphatic carbocycles. The number of aryl methyl sites for hydroxylation is 2.